The number of hydrogen-bond donors (Lipinski definition) is 1. The lowest BCUT2D eigenvalue weighted by atomic mass is 10.0. The van der Waals surface area contributed by atoms with E-state index in [2.05, 4.69) is 16.4 Å². The summed E-state index contributed by atoms with van der Waals surface area (Å²) in [5.41, 5.74) is 3.95. The van der Waals surface area contributed by atoms with E-state index in [-0.39, 0.29) is 12.5 Å². The number of benzene rings is 4. The Hall–Kier alpha value is -4.10. The van der Waals surface area contributed by atoms with Crippen molar-refractivity contribution >= 4 is 33.7 Å². The standard InChI is InChI=1S/C25H18N2O2/c1-2-16-29-24-15-14-19-9-4-6-12-21(19)23(24)17-26-27-25(28)22-13-7-10-18-8-3-5-11-20(18)22/h1,3-15,17H,16H2,(H,27,28)/b26-17+. The average molecular weight is 378 g/mol. The summed E-state index contributed by atoms with van der Waals surface area (Å²) in [4.78, 5) is 12.7. The number of fused-ring (bicyclic) bond motifs is 2. The number of carbonyl (C=O) groups is 1. The smallest absolute Gasteiger partial charge is 0.271 e. The van der Waals surface area contributed by atoms with Gasteiger partial charge in [0.15, 0.2) is 0 Å². The molecular formula is C25H18N2O2. The molecule has 0 spiro atoms. The lowest BCUT2D eigenvalue weighted by Gasteiger charge is -2.10. The number of nitrogens with zero attached hydrogens (tertiary/aromatic N) is 1. The van der Waals surface area contributed by atoms with Crippen LogP contribution in [0.1, 0.15) is 15.9 Å². The van der Waals surface area contributed by atoms with Crippen molar-refractivity contribution in [2.45, 2.75) is 0 Å². The SMILES string of the molecule is C#CCOc1ccc2ccccc2c1/C=N/NC(=O)c1cccc2ccccc12. The minimum absolute atomic E-state index is 0.154. The zero-order chi connectivity index (χ0) is 20.1. The Morgan fingerprint density at radius 1 is 0.931 bits per heavy atom. The molecule has 4 aromatic carbocycles. The van der Waals surface area contributed by atoms with Crippen LogP contribution in [0.3, 0.4) is 0 Å². The summed E-state index contributed by atoms with van der Waals surface area (Å²) in [6.45, 7) is 0.154. The number of nitrogens with one attached hydrogen (secondary N) is 1. The lowest BCUT2D eigenvalue weighted by Crippen LogP contribution is -2.18. The van der Waals surface area contributed by atoms with Crippen molar-refractivity contribution in [1.29, 1.82) is 0 Å². The summed E-state index contributed by atoms with van der Waals surface area (Å²) < 4.78 is 5.65. The highest BCUT2D eigenvalue weighted by atomic mass is 16.5. The van der Waals surface area contributed by atoms with E-state index < -0.39 is 0 Å². The van der Waals surface area contributed by atoms with Crippen LogP contribution in [0, 0.1) is 12.3 Å². The number of terminal acetylenes is 1. The molecule has 0 aliphatic heterocycles. The first-order chi connectivity index (χ1) is 14.3. The van der Waals surface area contributed by atoms with E-state index in [0.717, 1.165) is 27.1 Å². The molecule has 0 bridgehead atoms. The molecule has 4 rings (SSSR count). The van der Waals surface area contributed by atoms with Crippen LogP contribution in [0.25, 0.3) is 21.5 Å². The van der Waals surface area contributed by atoms with Gasteiger partial charge < -0.3 is 4.74 Å². The van der Waals surface area contributed by atoms with Gasteiger partial charge in [-0.2, -0.15) is 5.10 Å². The Morgan fingerprint density at radius 3 is 2.41 bits per heavy atom. The quantitative estimate of drug-likeness (QED) is 0.309. The summed E-state index contributed by atoms with van der Waals surface area (Å²) in [7, 11) is 0. The topological polar surface area (TPSA) is 50.7 Å². The van der Waals surface area contributed by atoms with Gasteiger partial charge >= 0.3 is 0 Å². The van der Waals surface area contributed by atoms with E-state index in [1.807, 2.05) is 72.8 Å². The number of amides is 1. The Labute approximate surface area is 168 Å². The monoisotopic (exact) mass is 378 g/mol. The predicted molar refractivity (Wildman–Crippen MR) is 117 cm³/mol. The van der Waals surface area contributed by atoms with Crippen molar-refractivity contribution in [3.8, 4) is 18.1 Å². The number of hydrazone groups is 1. The number of hydrogen-bond acceptors (Lipinski definition) is 3. The van der Waals surface area contributed by atoms with Crippen molar-refractivity contribution in [3.05, 3.63) is 90.0 Å². The summed E-state index contributed by atoms with van der Waals surface area (Å²) in [5, 5.41) is 8.08. The van der Waals surface area contributed by atoms with E-state index in [1.165, 1.54) is 0 Å². The van der Waals surface area contributed by atoms with E-state index in [9.17, 15) is 4.79 Å². The second-order valence-corrected chi connectivity index (χ2v) is 6.42. The molecule has 4 nitrogen and oxygen atoms in total. The molecule has 0 aliphatic rings. The third kappa shape index (κ3) is 3.80. The Bertz CT molecular complexity index is 1260. The molecule has 0 aromatic heterocycles. The first-order valence-corrected chi connectivity index (χ1v) is 9.17. The first-order valence-electron chi connectivity index (χ1n) is 9.17. The van der Waals surface area contributed by atoms with Gasteiger partial charge in [0.05, 0.1) is 6.21 Å². The molecule has 0 fully saturated rings. The summed E-state index contributed by atoms with van der Waals surface area (Å²) in [6, 6.07) is 25.1. The van der Waals surface area contributed by atoms with Crippen molar-refractivity contribution in [3.63, 3.8) is 0 Å². The molecule has 4 aromatic rings. The highest BCUT2D eigenvalue weighted by Crippen LogP contribution is 2.26. The van der Waals surface area contributed by atoms with Crippen molar-refractivity contribution in [2.75, 3.05) is 6.61 Å². The summed E-state index contributed by atoms with van der Waals surface area (Å²) in [6.07, 6.45) is 6.92. The average Bonchev–Trinajstić information content (AvgIpc) is 2.77. The second kappa shape index (κ2) is 8.28. The largest absolute Gasteiger partial charge is 0.480 e. The van der Waals surface area contributed by atoms with Gasteiger partial charge in [-0.25, -0.2) is 5.43 Å². The zero-order valence-electron chi connectivity index (χ0n) is 15.6. The molecule has 4 heteroatoms. The van der Waals surface area contributed by atoms with Crippen LogP contribution in [0.15, 0.2) is 84.0 Å². The normalized spacial score (nSPS) is 10.9. The molecule has 0 heterocycles. The maximum atomic E-state index is 12.7. The Balaban J connectivity index is 1.64. The van der Waals surface area contributed by atoms with E-state index in [4.69, 9.17) is 11.2 Å². The van der Waals surface area contributed by atoms with Crippen LogP contribution < -0.4 is 10.2 Å². The molecule has 0 aliphatic carbocycles. The van der Waals surface area contributed by atoms with Crippen molar-refractivity contribution in [2.24, 2.45) is 5.10 Å². The molecule has 140 valence electrons. The molecule has 0 atom stereocenters. The van der Waals surface area contributed by atoms with Crippen molar-refractivity contribution in [1.82, 2.24) is 5.43 Å². The third-order valence-corrected chi connectivity index (χ3v) is 4.64. The maximum absolute atomic E-state index is 12.7. The first kappa shape index (κ1) is 18.3. The van der Waals surface area contributed by atoms with Gasteiger partial charge in [0, 0.05) is 11.1 Å². The molecule has 1 N–H and O–H groups in total. The fourth-order valence-corrected chi connectivity index (χ4v) is 3.29. The Morgan fingerprint density at radius 2 is 1.62 bits per heavy atom. The summed E-state index contributed by atoms with van der Waals surface area (Å²) >= 11 is 0. The fraction of sp³-hybridized carbons (Fsp3) is 0.0400. The van der Waals surface area contributed by atoms with Crippen LogP contribution >= 0.6 is 0 Å². The van der Waals surface area contributed by atoms with Gasteiger partial charge in [0.1, 0.15) is 12.4 Å². The van der Waals surface area contributed by atoms with Gasteiger partial charge in [0.2, 0.25) is 0 Å². The second-order valence-electron chi connectivity index (χ2n) is 6.42. The number of ether oxygens (including phenoxy) is 1. The van der Waals surface area contributed by atoms with E-state index >= 15 is 0 Å². The van der Waals surface area contributed by atoms with E-state index in [0.29, 0.717) is 11.3 Å². The van der Waals surface area contributed by atoms with Gasteiger partial charge in [-0.05, 0) is 33.7 Å². The zero-order valence-corrected chi connectivity index (χ0v) is 15.6. The van der Waals surface area contributed by atoms with Gasteiger partial charge in [-0.3, -0.25) is 4.79 Å². The number of rotatable bonds is 5. The van der Waals surface area contributed by atoms with Crippen LogP contribution in [0.5, 0.6) is 5.75 Å². The molecule has 0 saturated heterocycles. The lowest BCUT2D eigenvalue weighted by molar-refractivity contribution is 0.0957. The van der Waals surface area contributed by atoms with Crippen LogP contribution in [0.2, 0.25) is 0 Å². The number of carbonyl (C=O) groups excluding carboxylic acids is 1. The van der Waals surface area contributed by atoms with Crippen LogP contribution in [-0.4, -0.2) is 18.7 Å². The summed E-state index contributed by atoms with van der Waals surface area (Å²) in [5.74, 6) is 2.81. The van der Waals surface area contributed by atoms with E-state index in [1.54, 1.807) is 12.3 Å². The van der Waals surface area contributed by atoms with Crippen molar-refractivity contribution < 1.29 is 9.53 Å². The molecule has 1 amide bonds. The van der Waals surface area contributed by atoms with Gasteiger partial charge in [0.25, 0.3) is 5.91 Å². The minimum atomic E-state index is -0.274. The predicted octanol–water partition coefficient (Wildman–Crippen LogP) is 4.77. The minimum Gasteiger partial charge on any atom is -0.480 e. The van der Waals surface area contributed by atoms with Gasteiger partial charge in [-0.1, -0.05) is 72.7 Å². The highest BCUT2D eigenvalue weighted by molar-refractivity contribution is 6.08. The Kier molecular flexibility index (Phi) is 5.22. The highest BCUT2D eigenvalue weighted by Gasteiger charge is 2.10. The fourth-order valence-electron chi connectivity index (χ4n) is 3.29. The molecule has 0 radical (unpaired) electrons. The molecule has 0 unspecified atom stereocenters. The van der Waals surface area contributed by atoms with Crippen LogP contribution in [-0.2, 0) is 0 Å². The molecule has 29 heavy (non-hydrogen) atoms. The van der Waals surface area contributed by atoms with Gasteiger partial charge in [-0.15, -0.1) is 6.42 Å². The van der Waals surface area contributed by atoms with Crippen LogP contribution in [0.4, 0.5) is 0 Å². The molecule has 0 saturated carbocycles. The third-order valence-electron chi connectivity index (χ3n) is 4.64. The molecular weight excluding hydrogens is 360 g/mol. The maximum Gasteiger partial charge on any atom is 0.271 e.